The minimum absolute atomic E-state index is 0.00337. The summed E-state index contributed by atoms with van der Waals surface area (Å²) in [6.07, 6.45) is 1.93. The molecule has 2 aromatic carbocycles. The fourth-order valence-electron chi connectivity index (χ4n) is 3.30. The highest BCUT2D eigenvalue weighted by atomic mass is 19.1. The molecule has 2 aromatic rings. The lowest BCUT2D eigenvalue weighted by Crippen LogP contribution is -2.30. The minimum Gasteiger partial charge on any atom is -0.349 e. The fourth-order valence-corrected chi connectivity index (χ4v) is 3.30. The van der Waals surface area contributed by atoms with E-state index in [0.717, 1.165) is 12.8 Å². The highest BCUT2D eigenvalue weighted by Gasteiger charge is 2.36. The van der Waals surface area contributed by atoms with E-state index < -0.39 is 11.7 Å². The molecule has 6 nitrogen and oxygen atoms in total. The minimum atomic E-state index is -0.619. The van der Waals surface area contributed by atoms with Gasteiger partial charge in [-0.1, -0.05) is 24.3 Å². The smallest absolute Gasteiger partial charge is 0.253 e. The Morgan fingerprint density at radius 3 is 2.50 bits per heavy atom. The summed E-state index contributed by atoms with van der Waals surface area (Å²) < 4.78 is 14.0. The van der Waals surface area contributed by atoms with Crippen LogP contribution in [-0.4, -0.2) is 30.3 Å². The van der Waals surface area contributed by atoms with Gasteiger partial charge in [-0.25, -0.2) is 4.39 Å². The molecule has 0 spiro atoms. The van der Waals surface area contributed by atoms with Crippen LogP contribution in [0.5, 0.6) is 0 Å². The van der Waals surface area contributed by atoms with E-state index >= 15 is 0 Å². The summed E-state index contributed by atoms with van der Waals surface area (Å²) in [5.74, 6) is -2.01. The molecule has 1 saturated heterocycles. The number of carbonyl (C=O) groups excluding carboxylic acids is 3. The van der Waals surface area contributed by atoms with Gasteiger partial charge in [-0.3, -0.25) is 14.4 Å². The second kappa shape index (κ2) is 7.42. The standard InChI is InChI=1S/C21H20FN3O3/c22-16-6-2-4-8-18(16)25-12-13(11-19(25)26)20(27)24-17-7-3-1-5-15(17)21(28)23-14-9-10-14/h1-8,13-14H,9-12H2,(H,23,28)(H,24,27)/t13-/m1/s1. The molecule has 0 unspecified atom stereocenters. The molecule has 4 rings (SSSR count). The van der Waals surface area contributed by atoms with Crippen molar-refractivity contribution in [1.29, 1.82) is 0 Å². The first-order valence-electron chi connectivity index (χ1n) is 9.28. The molecule has 2 fully saturated rings. The van der Waals surface area contributed by atoms with Gasteiger partial charge in [-0.15, -0.1) is 0 Å². The third-order valence-corrected chi connectivity index (χ3v) is 4.98. The van der Waals surface area contributed by atoms with Crippen molar-refractivity contribution in [1.82, 2.24) is 5.32 Å². The maximum absolute atomic E-state index is 14.0. The molecule has 7 heteroatoms. The molecule has 144 valence electrons. The second-order valence-corrected chi connectivity index (χ2v) is 7.14. The van der Waals surface area contributed by atoms with Gasteiger partial charge in [0.1, 0.15) is 5.82 Å². The first-order valence-corrected chi connectivity index (χ1v) is 9.28. The van der Waals surface area contributed by atoms with Crippen molar-refractivity contribution in [3.05, 3.63) is 59.9 Å². The van der Waals surface area contributed by atoms with E-state index in [4.69, 9.17) is 0 Å². The Morgan fingerprint density at radius 1 is 1.04 bits per heavy atom. The number of hydrogen-bond acceptors (Lipinski definition) is 3. The number of para-hydroxylation sites is 2. The molecule has 3 amide bonds. The number of hydrogen-bond donors (Lipinski definition) is 2. The predicted molar refractivity (Wildman–Crippen MR) is 102 cm³/mol. The van der Waals surface area contributed by atoms with E-state index in [0.29, 0.717) is 11.3 Å². The van der Waals surface area contributed by atoms with E-state index in [1.165, 1.54) is 17.0 Å². The topological polar surface area (TPSA) is 78.5 Å². The van der Waals surface area contributed by atoms with Crippen molar-refractivity contribution in [2.45, 2.75) is 25.3 Å². The fraction of sp³-hybridized carbons (Fsp3) is 0.286. The van der Waals surface area contributed by atoms with Crippen molar-refractivity contribution < 1.29 is 18.8 Å². The molecule has 1 aliphatic carbocycles. The largest absolute Gasteiger partial charge is 0.349 e. The van der Waals surface area contributed by atoms with E-state index in [9.17, 15) is 18.8 Å². The molecule has 1 aliphatic heterocycles. The molecule has 1 saturated carbocycles. The summed E-state index contributed by atoms with van der Waals surface area (Å²) in [4.78, 5) is 38.7. The molecule has 2 aliphatic rings. The number of anilines is 2. The molecule has 28 heavy (non-hydrogen) atoms. The zero-order chi connectivity index (χ0) is 19.7. The summed E-state index contributed by atoms with van der Waals surface area (Å²) in [5.41, 5.74) is 0.965. The van der Waals surface area contributed by atoms with Crippen LogP contribution in [0.15, 0.2) is 48.5 Å². The number of carbonyl (C=O) groups is 3. The maximum Gasteiger partial charge on any atom is 0.253 e. The van der Waals surface area contributed by atoms with Crippen LogP contribution in [0.4, 0.5) is 15.8 Å². The SMILES string of the molecule is O=C(NC1CC1)c1ccccc1NC(=O)[C@@H]1CC(=O)N(c2ccccc2F)C1. The van der Waals surface area contributed by atoms with Gasteiger partial charge in [0.15, 0.2) is 0 Å². The van der Waals surface area contributed by atoms with Crippen LogP contribution in [-0.2, 0) is 9.59 Å². The van der Waals surface area contributed by atoms with Crippen LogP contribution < -0.4 is 15.5 Å². The van der Waals surface area contributed by atoms with Crippen molar-refractivity contribution in [2.24, 2.45) is 5.92 Å². The van der Waals surface area contributed by atoms with Gasteiger partial charge in [0.2, 0.25) is 11.8 Å². The van der Waals surface area contributed by atoms with E-state index in [2.05, 4.69) is 10.6 Å². The Hall–Kier alpha value is -3.22. The number of benzene rings is 2. The molecule has 1 heterocycles. The molecular weight excluding hydrogens is 361 g/mol. The van der Waals surface area contributed by atoms with Crippen molar-refractivity contribution in [3.63, 3.8) is 0 Å². The lowest BCUT2D eigenvalue weighted by atomic mass is 10.1. The molecule has 0 aromatic heterocycles. The number of nitrogens with one attached hydrogen (secondary N) is 2. The first kappa shape index (κ1) is 18.2. The molecule has 2 N–H and O–H groups in total. The molecular formula is C21H20FN3O3. The van der Waals surface area contributed by atoms with Gasteiger partial charge in [0.05, 0.1) is 22.9 Å². The zero-order valence-corrected chi connectivity index (χ0v) is 15.2. The van der Waals surface area contributed by atoms with Crippen LogP contribution in [0.3, 0.4) is 0 Å². The van der Waals surface area contributed by atoms with Gasteiger partial charge >= 0.3 is 0 Å². The van der Waals surface area contributed by atoms with Crippen molar-refractivity contribution >= 4 is 29.1 Å². The molecule has 0 bridgehead atoms. The Balaban J connectivity index is 1.47. The van der Waals surface area contributed by atoms with E-state index in [-0.39, 0.29) is 42.4 Å². The molecule has 1 atom stereocenters. The second-order valence-electron chi connectivity index (χ2n) is 7.14. The van der Waals surface area contributed by atoms with E-state index in [1.807, 2.05) is 0 Å². The first-order chi connectivity index (χ1) is 13.5. The Kier molecular flexibility index (Phi) is 4.81. The van der Waals surface area contributed by atoms with Gasteiger partial charge in [-0.05, 0) is 37.1 Å². The van der Waals surface area contributed by atoms with E-state index in [1.54, 1.807) is 36.4 Å². The van der Waals surface area contributed by atoms with Crippen LogP contribution in [0.2, 0.25) is 0 Å². The summed E-state index contributed by atoms with van der Waals surface area (Å²) in [7, 11) is 0. The van der Waals surface area contributed by atoms with Crippen molar-refractivity contribution in [3.8, 4) is 0 Å². The summed E-state index contributed by atoms with van der Waals surface area (Å²) in [6, 6.07) is 13.0. The Bertz CT molecular complexity index is 942. The predicted octanol–water partition coefficient (Wildman–Crippen LogP) is 2.71. The van der Waals surface area contributed by atoms with Gasteiger partial charge in [-0.2, -0.15) is 0 Å². The Morgan fingerprint density at radius 2 is 1.75 bits per heavy atom. The summed E-state index contributed by atoms with van der Waals surface area (Å²) in [6.45, 7) is 0.0992. The number of amides is 3. The normalized spacial score (nSPS) is 18.8. The zero-order valence-electron chi connectivity index (χ0n) is 15.2. The average molecular weight is 381 g/mol. The quantitative estimate of drug-likeness (QED) is 0.836. The van der Waals surface area contributed by atoms with Gasteiger partial charge in [0, 0.05) is 19.0 Å². The lowest BCUT2D eigenvalue weighted by molar-refractivity contribution is -0.122. The Labute approximate surface area is 161 Å². The highest BCUT2D eigenvalue weighted by Crippen LogP contribution is 2.28. The lowest BCUT2D eigenvalue weighted by Gasteiger charge is -2.17. The van der Waals surface area contributed by atoms with Crippen molar-refractivity contribution in [2.75, 3.05) is 16.8 Å². The van der Waals surface area contributed by atoms with Crippen LogP contribution in [0, 0.1) is 11.7 Å². The average Bonchev–Trinajstić information content (AvgIpc) is 3.41. The summed E-state index contributed by atoms with van der Waals surface area (Å²) in [5, 5.41) is 5.66. The molecule has 0 radical (unpaired) electrons. The number of nitrogens with zero attached hydrogens (tertiary/aromatic N) is 1. The summed E-state index contributed by atoms with van der Waals surface area (Å²) >= 11 is 0. The van der Waals surface area contributed by atoms with Gasteiger partial charge < -0.3 is 15.5 Å². The van der Waals surface area contributed by atoms with Crippen LogP contribution in [0.25, 0.3) is 0 Å². The van der Waals surface area contributed by atoms with Crippen LogP contribution in [0.1, 0.15) is 29.6 Å². The third kappa shape index (κ3) is 3.74. The number of rotatable bonds is 5. The highest BCUT2D eigenvalue weighted by molar-refractivity contribution is 6.07. The monoisotopic (exact) mass is 381 g/mol. The number of halogens is 1. The maximum atomic E-state index is 14.0. The van der Waals surface area contributed by atoms with Crippen LogP contribution >= 0.6 is 0 Å². The third-order valence-electron chi connectivity index (χ3n) is 4.98. The van der Waals surface area contributed by atoms with Gasteiger partial charge in [0.25, 0.3) is 5.91 Å².